The molecule has 0 saturated carbocycles. The first kappa shape index (κ1) is 25.1. The lowest BCUT2D eigenvalue weighted by Crippen LogP contribution is -2.45. The van der Waals surface area contributed by atoms with E-state index in [2.05, 4.69) is 21.1 Å². The maximum Gasteiger partial charge on any atom is 0.319 e. The number of aryl methyl sites for hydroxylation is 2. The third kappa shape index (κ3) is 6.75. The molecule has 184 valence electrons. The Bertz CT molecular complexity index is 1020. The van der Waals surface area contributed by atoms with Crippen LogP contribution >= 0.6 is 0 Å². The van der Waals surface area contributed by atoms with E-state index in [1.807, 2.05) is 0 Å². The molecule has 0 aliphatic carbocycles. The fraction of sp³-hybridized carbons (Fsp3) is 0.478. The smallest absolute Gasteiger partial charge is 0.319 e. The molecule has 0 unspecified atom stereocenters. The van der Waals surface area contributed by atoms with Crippen LogP contribution in [0, 0.1) is 31.4 Å². The van der Waals surface area contributed by atoms with Gasteiger partial charge in [0.25, 0.3) is 0 Å². The van der Waals surface area contributed by atoms with Crippen LogP contribution < -0.4 is 16.0 Å². The van der Waals surface area contributed by atoms with Gasteiger partial charge in [0.2, 0.25) is 11.8 Å². The predicted octanol–water partition coefficient (Wildman–Crippen LogP) is 3.02. The van der Waals surface area contributed by atoms with E-state index in [-0.39, 0.29) is 30.8 Å². The first-order chi connectivity index (χ1) is 16.1. The number of carbonyl (C=O) groups excluding carboxylic acids is 3. The average Bonchev–Trinajstić information content (AvgIpc) is 3.10. The second-order valence-electron chi connectivity index (χ2n) is 8.60. The number of nitrogens with one attached hydrogen (secondary N) is 3. The fourth-order valence-electron chi connectivity index (χ4n) is 3.99. The number of carbonyl (C=O) groups is 3. The maximum absolute atomic E-state index is 13.4. The van der Waals surface area contributed by atoms with Crippen molar-refractivity contribution in [2.45, 2.75) is 52.1 Å². The predicted molar refractivity (Wildman–Crippen MR) is 120 cm³/mol. The summed E-state index contributed by atoms with van der Waals surface area (Å²) in [4.78, 5) is 39.4. The lowest BCUT2D eigenvalue weighted by molar-refractivity contribution is -0.135. The standard InChI is InChI=1S/C23H29F2N5O4/c1-13-21(14(2)34-29-13)28-23(33)27-19-6-4-5-16(9-20(31)30(3)12-19)22(32)26-11-15-7-17(24)10-18(25)8-15/h7-8,10,16,19H,4-6,9,11-12H2,1-3H3,(H,26,32)(H2,27,28,33)/t16-,19-/m1/s1. The molecule has 0 spiro atoms. The van der Waals surface area contributed by atoms with Gasteiger partial charge in [0, 0.05) is 44.6 Å². The first-order valence-corrected chi connectivity index (χ1v) is 11.1. The summed E-state index contributed by atoms with van der Waals surface area (Å²) in [7, 11) is 1.62. The molecular formula is C23H29F2N5O4. The second kappa shape index (κ2) is 11.1. The molecule has 1 aromatic heterocycles. The Morgan fingerprint density at radius 2 is 1.88 bits per heavy atom. The van der Waals surface area contributed by atoms with Gasteiger partial charge in [-0.1, -0.05) is 11.6 Å². The molecule has 9 nitrogen and oxygen atoms in total. The second-order valence-corrected chi connectivity index (χ2v) is 8.60. The molecule has 1 aliphatic heterocycles. The Morgan fingerprint density at radius 1 is 1.18 bits per heavy atom. The van der Waals surface area contributed by atoms with E-state index in [9.17, 15) is 23.2 Å². The molecule has 34 heavy (non-hydrogen) atoms. The van der Waals surface area contributed by atoms with Gasteiger partial charge in [-0.3, -0.25) is 9.59 Å². The van der Waals surface area contributed by atoms with Gasteiger partial charge >= 0.3 is 6.03 Å². The van der Waals surface area contributed by atoms with Crippen LogP contribution in [0.4, 0.5) is 19.3 Å². The molecule has 2 atom stereocenters. The van der Waals surface area contributed by atoms with Crippen molar-refractivity contribution in [3.63, 3.8) is 0 Å². The van der Waals surface area contributed by atoms with E-state index in [4.69, 9.17) is 4.52 Å². The Kier molecular flexibility index (Phi) is 8.19. The number of nitrogens with zero attached hydrogens (tertiary/aromatic N) is 2. The van der Waals surface area contributed by atoms with Crippen LogP contribution in [0.1, 0.15) is 42.7 Å². The third-order valence-electron chi connectivity index (χ3n) is 5.81. The minimum atomic E-state index is -0.722. The molecule has 4 amide bonds. The van der Waals surface area contributed by atoms with E-state index >= 15 is 0 Å². The third-order valence-corrected chi connectivity index (χ3v) is 5.81. The van der Waals surface area contributed by atoms with Crippen molar-refractivity contribution in [1.29, 1.82) is 0 Å². The van der Waals surface area contributed by atoms with Gasteiger partial charge in [0.05, 0.1) is 0 Å². The zero-order chi connectivity index (χ0) is 24.8. The van der Waals surface area contributed by atoms with Gasteiger partial charge in [-0.2, -0.15) is 0 Å². The first-order valence-electron chi connectivity index (χ1n) is 11.1. The lowest BCUT2D eigenvalue weighted by atomic mass is 9.96. The van der Waals surface area contributed by atoms with E-state index in [0.29, 0.717) is 48.5 Å². The Balaban J connectivity index is 1.57. The molecule has 0 radical (unpaired) electrons. The summed E-state index contributed by atoms with van der Waals surface area (Å²) < 4.78 is 31.8. The molecule has 2 aromatic rings. The number of likely N-dealkylation sites (N-methyl/N-ethyl adjacent to an activating group) is 1. The Morgan fingerprint density at radius 3 is 2.53 bits per heavy atom. The van der Waals surface area contributed by atoms with Gasteiger partial charge in [-0.15, -0.1) is 0 Å². The quantitative estimate of drug-likeness (QED) is 0.612. The zero-order valence-electron chi connectivity index (χ0n) is 19.4. The van der Waals surface area contributed by atoms with E-state index in [1.165, 1.54) is 4.90 Å². The summed E-state index contributed by atoms with van der Waals surface area (Å²) in [6, 6.07) is 2.31. The van der Waals surface area contributed by atoms with Gasteiger partial charge in [0.1, 0.15) is 23.0 Å². The van der Waals surface area contributed by atoms with Crippen LogP contribution in [0.5, 0.6) is 0 Å². The summed E-state index contributed by atoms with van der Waals surface area (Å²) >= 11 is 0. The maximum atomic E-state index is 13.4. The average molecular weight is 478 g/mol. The SMILES string of the molecule is Cc1noc(C)c1NC(=O)N[C@@H]1CCC[C@@H](C(=O)NCc2cc(F)cc(F)c2)CC(=O)N(C)C1. The summed E-state index contributed by atoms with van der Waals surface area (Å²) in [5.74, 6) is -2.11. The van der Waals surface area contributed by atoms with Crippen LogP contribution in [-0.2, 0) is 16.1 Å². The summed E-state index contributed by atoms with van der Waals surface area (Å²) in [5.41, 5.74) is 1.36. The number of benzene rings is 1. The van der Waals surface area contributed by atoms with E-state index < -0.39 is 23.6 Å². The molecule has 0 bridgehead atoms. The lowest BCUT2D eigenvalue weighted by Gasteiger charge is -2.24. The molecule has 11 heteroatoms. The van der Waals surface area contributed by atoms with Crippen molar-refractivity contribution in [3.05, 3.63) is 46.9 Å². The zero-order valence-corrected chi connectivity index (χ0v) is 19.4. The van der Waals surface area contributed by atoms with Crippen molar-refractivity contribution in [2.75, 3.05) is 18.9 Å². The van der Waals surface area contributed by atoms with Crippen LogP contribution in [0.3, 0.4) is 0 Å². The highest BCUT2D eigenvalue weighted by Gasteiger charge is 2.28. The number of anilines is 1. The molecular weight excluding hydrogens is 448 g/mol. The van der Waals surface area contributed by atoms with Crippen LogP contribution in [-0.4, -0.2) is 47.5 Å². The van der Waals surface area contributed by atoms with Gasteiger partial charge in [-0.05, 0) is 44.4 Å². The minimum Gasteiger partial charge on any atom is -0.359 e. The topological polar surface area (TPSA) is 117 Å². The van der Waals surface area contributed by atoms with E-state index in [1.54, 1.807) is 20.9 Å². The highest BCUT2D eigenvalue weighted by Crippen LogP contribution is 2.21. The number of halogens is 2. The van der Waals surface area contributed by atoms with Crippen LogP contribution in [0.2, 0.25) is 0 Å². The van der Waals surface area contributed by atoms with Crippen molar-refractivity contribution in [2.24, 2.45) is 5.92 Å². The van der Waals surface area contributed by atoms with Crippen molar-refractivity contribution in [1.82, 2.24) is 20.7 Å². The van der Waals surface area contributed by atoms with Crippen LogP contribution in [0.15, 0.2) is 22.7 Å². The van der Waals surface area contributed by atoms with Gasteiger partial charge in [0.15, 0.2) is 5.76 Å². The molecule has 1 aromatic carbocycles. The Labute approximate surface area is 196 Å². The Hall–Kier alpha value is -3.50. The number of rotatable bonds is 5. The van der Waals surface area contributed by atoms with Gasteiger partial charge < -0.3 is 25.4 Å². The van der Waals surface area contributed by atoms with Crippen molar-refractivity contribution in [3.8, 4) is 0 Å². The fourth-order valence-corrected chi connectivity index (χ4v) is 3.99. The highest BCUT2D eigenvalue weighted by atomic mass is 19.1. The monoisotopic (exact) mass is 477 g/mol. The summed E-state index contributed by atoms with van der Waals surface area (Å²) in [6.45, 7) is 3.66. The minimum absolute atomic E-state index is 0.0117. The van der Waals surface area contributed by atoms with E-state index in [0.717, 1.165) is 18.2 Å². The highest BCUT2D eigenvalue weighted by molar-refractivity contribution is 5.90. The molecule has 2 heterocycles. The number of hydrogen-bond donors (Lipinski definition) is 3. The van der Waals surface area contributed by atoms with Gasteiger partial charge in [-0.25, -0.2) is 13.6 Å². The molecule has 1 aliphatic rings. The molecule has 1 saturated heterocycles. The molecule has 1 fully saturated rings. The largest absolute Gasteiger partial charge is 0.359 e. The number of hydrogen-bond acceptors (Lipinski definition) is 5. The number of urea groups is 1. The van der Waals surface area contributed by atoms with Crippen molar-refractivity contribution < 1.29 is 27.7 Å². The summed E-state index contributed by atoms with van der Waals surface area (Å²) in [6.07, 6.45) is 1.61. The summed E-state index contributed by atoms with van der Waals surface area (Å²) in [5, 5.41) is 12.1. The van der Waals surface area contributed by atoms with Crippen LogP contribution in [0.25, 0.3) is 0 Å². The van der Waals surface area contributed by atoms with Crippen molar-refractivity contribution >= 4 is 23.5 Å². The number of amides is 4. The molecule has 3 rings (SSSR count). The molecule has 3 N–H and O–H groups in total. The normalized spacial score (nSPS) is 19.1. The number of aromatic nitrogens is 1.